The number of hydrogen-bond acceptors (Lipinski definition) is 6. The van der Waals surface area contributed by atoms with Gasteiger partial charge >= 0.3 is 0 Å². The van der Waals surface area contributed by atoms with Crippen LogP contribution in [-0.2, 0) is 4.74 Å². The topological polar surface area (TPSA) is 90.4 Å². The summed E-state index contributed by atoms with van der Waals surface area (Å²) in [5.41, 5.74) is 9.98. The van der Waals surface area contributed by atoms with E-state index in [1.165, 1.54) is 12.1 Å². The van der Waals surface area contributed by atoms with E-state index in [2.05, 4.69) is 38.3 Å². The normalized spacial score (nSPS) is 16.7. The van der Waals surface area contributed by atoms with Crippen LogP contribution in [0, 0.1) is 5.82 Å². The molecule has 5 rings (SSSR count). The fourth-order valence-electron chi connectivity index (χ4n) is 3.84. The summed E-state index contributed by atoms with van der Waals surface area (Å²) in [5.74, 6) is 0.160. The van der Waals surface area contributed by atoms with Crippen molar-refractivity contribution >= 4 is 38.3 Å². The quantitative estimate of drug-likeness (QED) is 0.470. The summed E-state index contributed by atoms with van der Waals surface area (Å²) in [5, 5.41) is 8.69. The minimum Gasteiger partial charge on any atom is -0.383 e. The third-order valence-corrected chi connectivity index (χ3v) is 6.23. The largest absolute Gasteiger partial charge is 0.383 e. The SMILES string of the molecule is CC(NC1(C)COC1)c1nc2c(-c3cnc4ccc(F)cc4c3)cnn2c(N)c1Br. The van der Waals surface area contributed by atoms with Crippen molar-refractivity contribution in [2.24, 2.45) is 0 Å². The molecule has 4 aromatic rings. The van der Waals surface area contributed by atoms with E-state index in [0.717, 1.165) is 22.3 Å². The average molecular weight is 471 g/mol. The zero-order chi connectivity index (χ0) is 21.0. The molecule has 0 amide bonds. The van der Waals surface area contributed by atoms with Crippen LogP contribution in [0.25, 0.3) is 27.7 Å². The van der Waals surface area contributed by atoms with Gasteiger partial charge < -0.3 is 10.5 Å². The zero-order valence-corrected chi connectivity index (χ0v) is 18.1. The Labute approximate surface area is 180 Å². The maximum Gasteiger partial charge on any atom is 0.165 e. The second-order valence-electron chi connectivity index (χ2n) is 7.97. The monoisotopic (exact) mass is 470 g/mol. The average Bonchev–Trinajstić information content (AvgIpc) is 3.13. The molecule has 0 saturated carbocycles. The number of anilines is 1. The molecule has 0 bridgehead atoms. The lowest BCUT2D eigenvalue weighted by atomic mass is 9.98. The third-order valence-electron chi connectivity index (χ3n) is 5.42. The molecule has 30 heavy (non-hydrogen) atoms. The minimum absolute atomic E-state index is 0.0628. The van der Waals surface area contributed by atoms with Gasteiger partial charge in [-0.2, -0.15) is 9.61 Å². The lowest BCUT2D eigenvalue weighted by Gasteiger charge is -2.41. The number of nitrogens with one attached hydrogen (secondary N) is 1. The van der Waals surface area contributed by atoms with E-state index in [1.807, 2.05) is 13.0 Å². The van der Waals surface area contributed by atoms with Gasteiger partial charge in [-0.3, -0.25) is 10.3 Å². The Morgan fingerprint density at radius 2 is 2.10 bits per heavy atom. The second kappa shape index (κ2) is 6.97. The Morgan fingerprint density at radius 1 is 1.30 bits per heavy atom. The van der Waals surface area contributed by atoms with E-state index in [0.29, 0.717) is 34.5 Å². The van der Waals surface area contributed by atoms with E-state index in [9.17, 15) is 4.39 Å². The Balaban J connectivity index is 1.62. The predicted molar refractivity (Wildman–Crippen MR) is 117 cm³/mol. The fourth-order valence-corrected chi connectivity index (χ4v) is 4.44. The molecule has 1 aromatic carbocycles. The Hall–Kier alpha value is -2.62. The first-order valence-electron chi connectivity index (χ1n) is 9.58. The van der Waals surface area contributed by atoms with E-state index >= 15 is 0 Å². The standard InChI is InChI=1S/C21H20BrFN6O/c1-11(28-21(2)9-30-10-21)18-17(22)19(24)29-20(27-18)15(8-26-29)13-5-12-6-14(23)3-4-16(12)25-7-13/h3-8,11,28H,9-10,24H2,1-2H3. The number of nitrogens with zero attached hydrogens (tertiary/aromatic N) is 4. The molecule has 1 aliphatic heterocycles. The minimum atomic E-state index is -0.303. The number of halogens is 2. The highest BCUT2D eigenvalue weighted by atomic mass is 79.9. The summed E-state index contributed by atoms with van der Waals surface area (Å²) >= 11 is 3.58. The van der Waals surface area contributed by atoms with E-state index in [-0.39, 0.29) is 17.4 Å². The van der Waals surface area contributed by atoms with Crippen LogP contribution in [0.1, 0.15) is 25.6 Å². The summed E-state index contributed by atoms with van der Waals surface area (Å²) in [6, 6.07) is 6.35. The van der Waals surface area contributed by atoms with Crippen molar-refractivity contribution in [2.75, 3.05) is 18.9 Å². The van der Waals surface area contributed by atoms with Crippen molar-refractivity contribution in [3.05, 3.63) is 52.6 Å². The number of hydrogen-bond donors (Lipinski definition) is 2. The summed E-state index contributed by atoms with van der Waals surface area (Å²) in [6.45, 7) is 5.48. The van der Waals surface area contributed by atoms with Gasteiger partial charge in [-0.25, -0.2) is 9.37 Å². The highest BCUT2D eigenvalue weighted by Crippen LogP contribution is 2.34. The highest BCUT2D eigenvalue weighted by molar-refractivity contribution is 9.10. The molecule has 1 saturated heterocycles. The summed E-state index contributed by atoms with van der Waals surface area (Å²) in [7, 11) is 0. The van der Waals surface area contributed by atoms with Crippen LogP contribution in [0.4, 0.5) is 10.2 Å². The second-order valence-corrected chi connectivity index (χ2v) is 8.76. The van der Waals surface area contributed by atoms with Gasteiger partial charge in [0.1, 0.15) is 11.6 Å². The predicted octanol–water partition coefficient (Wildman–Crippen LogP) is 3.87. The maximum absolute atomic E-state index is 13.7. The first-order chi connectivity index (χ1) is 14.3. The van der Waals surface area contributed by atoms with Crippen LogP contribution in [0.3, 0.4) is 0 Å². The maximum atomic E-state index is 13.7. The van der Waals surface area contributed by atoms with Crippen molar-refractivity contribution in [1.29, 1.82) is 0 Å². The number of nitrogen functional groups attached to an aromatic ring is 1. The molecule has 154 valence electrons. The van der Waals surface area contributed by atoms with Gasteiger partial charge in [0.05, 0.1) is 40.6 Å². The van der Waals surface area contributed by atoms with Gasteiger partial charge in [0.25, 0.3) is 0 Å². The summed E-state index contributed by atoms with van der Waals surface area (Å²) in [6.07, 6.45) is 3.45. The lowest BCUT2D eigenvalue weighted by Crippen LogP contribution is -2.58. The molecule has 0 aliphatic carbocycles. The van der Waals surface area contributed by atoms with Crippen molar-refractivity contribution in [1.82, 2.24) is 24.9 Å². The summed E-state index contributed by atoms with van der Waals surface area (Å²) in [4.78, 5) is 9.33. The molecule has 0 radical (unpaired) electrons. The Morgan fingerprint density at radius 3 is 2.83 bits per heavy atom. The Kier molecular flexibility index (Phi) is 4.49. The van der Waals surface area contributed by atoms with Crippen LogP contribution < -0.4 is 11.1 Å². The number of aromatic nitrogens is 4. The molecule has 4 heterocycles. The molecule has 1 fully saturated rings. The van der Waals surface area contributed by atoms with E-state index in [4.69, 9.17) is 15.5 Å². The lowest BCUT2D eigenvalue weighted by molar-refractivity contribution is -0.0689. The molecule has 3 aromatic heterocycles. The number of nitrogens with two attached hydrogens (primary N) is 1. The van der Waals surface area contributed by atoms with Crippen LogP contribution >= 0.6 is 15.9 Å². The third kappa shape index (κ3) is 3.13. The molecular formula is C21H20BrFN6O. The van der Waals surface area contributed by atoms with Crippen molar-refractivity contribution in [2.45, 2.75) is 25.4 Å². The van der Waals surface area contributed by atoms with Gasteiger partial charge in [-0.1, -0.05) is 0 Å². The van der Waals surface area contributed by atoms with E-state index < -0.39 is 0 Å². The molecular weight excluding hydrogens is 451 g/mol. The van der Waals surface area contributed by atoms with Gasteiger partial charge in [-0.05, 0) is 54.0 Å². The van der Waals surface area contributed by atoms with E-state index in [1.54, 1.807) is 23.0 Å². The number of ether oxygens (including phenoxy) is 1. The van der Waals surface area contributed by atoms with Crippen molar-refractivity contribution < 1.29 is 9.13 Å². The molecule has 1 unspecified atom stereocenters. The molecule has 1 aliphatic rings. The van der Waals surface area contributed by atoms with Crippen LogP contribution in [-0.4, -0.2) is 38.3 Å². The number of fused-ring (bicyclic) bond motifs is 2. The summed E-state index contributed by atoms with van der Waals surface area (Å²) < 4.78 is 21.3. The van der Waals surface area contributed by atoms with Gasteiger partial charge in [0.2, 0.25) is 0 Å². The van der Waals surface area contributed by atoms with Crippen molar-refractivity contribution in [3.8, 4) is 11.1 Å². The van der Waals surface area contributed by atoms with Crippen molar-refractivity contribution in [3.63, 3.8) is 0 Å². The first kappa shape index (κ1) is 19.3. The number of rotatable bonds is 4. The Bertz CT molecular complexity index is 1290. The number of pyridine rings is 1. The molecule has 0 spiro atoms. The first-order valence-corrected chi connectivity index (χ1v) is 10.4. The molecule has 9 heteroatoms. The van der Waals surface area contributed by atoms with Crippen LogP contribution in [0.5, 0.6) is 0 Å². The van der Waals surface area contributed by atoms with Crippen LogP contribution in [0.2, 0.25) is 0 Å². The highest BCUT2D eigenvalue weighted by Gasteiger charge is 2.35. The zero-order valence-electron chi connectivity index (χ0n) is 16.5. The van der Waals surface area contributed by atoms with Gasteiger partial charge in [0, 0.05) is 28.8 Å². The van der Waals surface area contributed by atoms with Crippen LogP contribution in [0.15, 0.2) is 41.1 Å². The fraction of sp³-hybridized carbons (Fsp3) is 0.286. The smallest absolute Gasteiger partial charge is 0.165 e. The van der Waals surface area contributed by atoms with Gasteiger partial charge in [-0.15, -0.1) is 0 Å². The molecule has 7 nitrogen and oxygen atoms in total. The molecule has 3 N–H and O–H groups in total. The van der Waals surface area contributed by atoms with Gasteiger partial charge in [0.15, 0.2) is 5.65 Å². The molecule has 1 atom stereocenters. The number of benzene rings is 1.